The summed E-state index contributed by atoms with van der Waals surface area (Å²) in [6.45, 7) is 1.58. The van der Waals surface area contributed by atoms with Gasteiger partial charge in [-0.25, -0.2) is 4.79 Å². The molecular weight excluding hydrogens is 524 g/mol. The number of hydrogen-bond donors (Lipinski definition) is 6. The SMILES string of the molecule is CC(CO)(CO)COC(=O)[C@@H](NC(=O)c1ccc(C#CC#Cc2ccc(N)cc2)cc1)[C@@](C)(O)c1ccc(O)cc1. The van der Waals surface area contributed by atoms with Crippen LogP contribution in [0.5, 0.6) is 5.75 Å². The number of aromatic hydroxyl groups is 1. The van der Waals surface area contributed by atoms with E-state index in [0.717, 1.165) is 5.56 Å². The van der Waals surface area contributed by atoms with Gasteiger partial charge in [0.15, 0.2) is 6.04 Å². The second-order valence-corrected chi connectivity index (χ2v) is 10.0. The molecule has 0 aliphatic heterocycles. The van der Waals surface area contributed by atoms with Gasteiger partial charge >= 0.3 is 5.97 Å². The maximum absolute atomic E-state index is 13.1. The van der Waals surface area contributed by atoms with E-state index < -0.39 is 42.1 Å². The predicted molar refractivity (Wildman–Crippen MR) is 153 cm³/mol. The molecule has 3 aromatic carbocycles. The standard InChI is InChI=1S/C32H32N2O7/c1-31(19-35,20-36)21-41-30(39)28(32(2,40)25-13-17-27(37)18-14-25)34-29(38)24-11-7-22(8-12-24)5-3-4-6-23-9-15-26(33)16-10-23/h7-18,28,35-37,40H,19-21,33H2,1-2H3,(H,34,38)/t28-,32+/m1/s1. The van der Waals surface area contributed by atoms with E-state index in [0.29, 0.717) is 11.3 Å². The number of phenols is 1. The number of benzene rings is 3. The van der Waals surface area contributed by atoms with Crippen molar-refractivity contribution in [3.8, 4) is 29.4 Å². The van der Waals surface area contributed by atoms with Crippen LogP contribution in [0.2, 0.25) is 0 Å². The molecule has 0 bridgehead atoms. The molecule has 1 amide bonds. The molecular formula is C32H32N2O7. The minimum Gasteiger partial charge on any atom is -0.508 e. The van der Waals surface area contributed by atoms with E-state index in [2.05, 4.69) is 29.0 Å². The summed E-state index contributed by atoms with van der Waals surface area (Å²) in [7, 11) is 0. The van der Waals surface area contributed by atoms with Crippen LogP contribution in [0.25, 0.3) is 0 Å². The Morgan fingerprint density at radius 3 is 1.90 bits per heavy atom. The van der Waals surface area contributed by atoms with Crippen LogP contribution >= 0.6 is 0 Å². The number of nitrogen functional groups attached to an aromatic ring is 1. The molecule has 0 spiro atoms. The highest BCUT2D eigenvalue weighted by molar-refractivity contribution is 5.97. The van der Waals surface area contributed by atoms with Crippen molar-refractivity contribution in [3.05, 3.63) is 95.1 Å². The number of aliphatic hydroxyl groups is 3. The van der Waals surface area contributed by atoms with Crippen molar-refractivity contribution < 1.29 is 34.8 Å². The van der Waals surface area contributed by atoms with Gasteiger partial charge in [0, 0.05) is 27.8 Å². The van der Waals surface area contributed by atoms with Crippen molar-refractivity contribution in [3.63, 3.8) is 0 Å². The molecule has 0 saturated carbocycles. The van der Waals surface area contributed by atoms with Gasteiger partial charge in [-0.3, -0.25) is 4.79 Å². The molecule has 0 unspecified atom stereocenters. The third-order valence-electron chi connectivity index (χ3n) is 6.39. The summed E-state index contributed by atoms with van der Waals surface area (Å²) in [5.74, 6) is 9.61. The van der Waals surface area contributed by atoms with Gasteiger partial charge in [-0.1, -0.05) is 30.9 Å². The minimum atomic E-state index is -1.95. The molecule has 0 aliphatic rings. The predicted octanol–water partition coefficient (Wildman–Crippen LogP) is 1.92. The van der Waals surface area contributed by atoms with Crippen molar-refractivity contribution in [1.29, 1.82) is 0 Å². The second-order valence-electron chi connectivity index (χ2n) is 10.0. The Hall–Kier alpha value is -4.80. The molecule has 3 aromatic rings. The van der Waals surface area contributed by atoms with Crippen molar-refractivity contribution in [1.82, 2.24) is 5.32 Å². The van der Waals surface area contributed by atoms with Crippen LogP contribution in [-0.4, -0.2) is 58.2 Å². The largest absolute Gasteiger partial charge is 0.508 e. The third-order valence-corrected chi connectivity index (χ3v) is 6.39. The summed E-state index contributed by atoms with van der Waals surface area (Å²) >= 11 is 0. The van der Waals surface area contributed by atoms with Gasteiger partial charge in [-0.05, 0) is 85.0 Å². The lowest BCUT2D eigenvalue weighted by Crippen LogP contribution is -2.55. The lowest BCUT2D eigenvalue weighted by atomic mass is 9.87. The highest BCUT2D eigenvalue weighted by atomic mass is 16.5. The van der Waals surface area contributed by atoms with Gasteiger partial charge in [0.1, 0.15) is 18.0 Å². The van der Waals surface area contributed by atoms with Crippen LogP contribution < -0.4 is 11.1 Å². The van der Waals surface area contributed by atoms with Crippen molar-refractivity contribution in [2.24, 2.45) is 5.41 Å². The number of phenolic OH excluding ortho intramolecular Hbond substituents is 1. The van der Waals surface area contributed by atoms with Crippen molar-refractivity contribution >= 4 is 17.6 Å². The summed E-state index contributed by atoms with van der Waals surface area (Å²) < 4.78 is 5.31. The smallest absolute Gasteiger partial charge is 0.332 e. The van der Waals surface area contributed by atoms with Crippen LogP contribution in [-0.2, 0) is 15.1 Å². The van der Waals surface area contributed by atoms with Crippen LogP contribution in [0, 0.1) is 29.1 Å². The quantitative estimate of drug-likeness (QED) is 0.132. The number of hydrogen-bond acceptors (Lipinski definition) is 8. The average molecular weight is 557 g/mol. The van der Waals surface area contributed by atoms with Gasteiger partial charge in [0.25, 0.3) is 5.91 Å². The van der Waals surface area contributed by atoms with Gasteiger partial charge in [0.05, 0.1) is 13.2 Å². The fourth-order valence-corrected chi connectivity index (χ4v) is 3.56. The molecule has 0 radical (unpaired) electrons. The number of amides is 1. The Morgan fingerprint density at radius 2 is 1.39 bits per heavy atom. The lowest BCUT2D eigenvalue weighted by Gasteiger charge is -2.33. The van der Waals surface area contributed by atoms with E-state index in [4.69, 9.17) is 10.5 Å². The monoisotopic (exact) mass is 556 g/mol. The number of carbonyl (C=O) groups is 2. The maximum Gasteiger partial charge on any atom is 0.332 e. The van der Waals surface area contributed by atoms with Gasteiger partial charge in [-0.15, -0.1) is 0 Å². The van der Waals surface area contributed by atoms with Crippen molar-refractivity contribution in [2.75, 3.05) is 25.6 Å². The number of ether oxygens (including phenoxy) is 1. The summed E-state index contributed by atoms with van der Waals surface area (Å²) in [4.78, 5) is 26.3. The minimum absolute atomic E-state index is 0.0474. The van der Waals surface area contributed by atoms with Crippen LogP contribution in [0.4, 0.5) is 5.69 Å². The normalized spacial score (nSPS) is 12.9. The van der Waals surface area contributed by atoms with E-state index in [1.807, 2.05) is 0 Å². The van der Waals surface area contributed by atoms with E-state index in [9.17, 15) is 30.0 Å². The first kappa shape index (κ1) is 30.7. The third kappa shape index (κ3) is 8.34. The molecule has 7 N–H and O–H groups in total. The van der Waals surface area contributed by atoms with Crippen LogP contribution in [0.15, 0.2) is 72.8 Å². The van der Waals surface area contributed by atoms with E-state index >= 15 is 0 Å². The molecule has 9 heteroatoms. The van der Waals surface area contributed by atoms with Crippen LogP contribution in [0.1, 0.15) is 40.9 Å². The topological polar surface area (TPSA) is 162 Å². The zero-order chi connectivity index (χ0) is 30.0. The number of nitrogens with two attached hydrogens (primary N) is 1. The Morgan fingerprint density at radius 1 is 0.878 bits per heavy atom. The summed E-state index contributed by atoms with van der Waals surface area (Å²) in [5.41, 5.74) is 5.03. The summed E-state index contributed by atoms with van der Waals surface area (Å²) in [6, 6.07) is 17.3. The zero-order valence-corrected chi connectivity index (χ0v) is 22.7. The number of anilines is 1. The highest BCUT2D eigenvalue weighted by Crippen LogP contribution is 2.28. The molecule has 0 heterocycles. The second kappa shape index (κ2) is 13.5. The molecule has 0 saturated heterocycles. The Labute approximate surface area is 238 Å². The summed E-state index contributed by atoms with van der Waals surface area (Å²) in [6.07, 6.45) is 0. The van der Waals surface area contributed by atoms with E-state index in [-0.39, 0.29) is 23.5 Å². The first-order valence-electron chi connectivity index (χ1n) is 12.7. The number of aliphatic hydroxyl groups excluding tert-OH is 2. The number of rotatable bonds is 9. The fraction of sp³-hybridized carbons (Fsp3) is 0.250. The number of esters is 1. The van der Waals surface area contributed by atoms with Gasteiger partial charge < -0.3 is 36.2 Å². The maximum atomic E-state index is 13.1. The lowest BCUT2D eigenvalue weighted by molar-refractivity contribution is -0.158. The van der Waals surface area contributed by atoms with Gasteiger partial charge in [0.2, 0.25) is 0 Å². The summed E-state index contributed by atoms with van der Waals surface area (Å²) in [5, 5.41) is 42.6. The molecule has 9 nitrogen and oxygen atoms in total. The molecule has 41 heavy (non-hydrogen) atoms. The molecule has 0 fully saturated rings. The van der Waals surface area contributed by atoms with Gasteiger partial charge in [-0.2, -0.15) is 0 Å². The molecule has 212 valence electrons. The highest BCUT2D eigenvalue weighted by Gasteiger charge is 2.42. The van der Waals surface area contributed by atoms with E-state index in [1.54, 1.807) is 36.4 Å². The molecule has 0 aromatic heterocycles. The van der Waals surface area contributed by atoms with E-state index in [1.165, 1.54) is 50.2 Å². The average Bonchev–Trinajstić information content (AvgIpc) is 2.98. The van der Waals surface area contributed by atoms with Crippen molar-refractivity contribution in [2.45, 2.75) is 25.5 Å². The first-order chi connectivity index (χ1) is 19.5. The molecule has 2 atom stereocenters. The first-order valence-corrected chi connectivity index (χ1v) is 12.7. The fourth-order valence-electron chi connectivity index (χ4n) is 3.56. The Kier molecular flexibility index (Phi) is 10.1. The Bertz CT molecular complexity index is 1470. The Balaban J connectivity index is 1.78. The zero-order valence-electron chi connectivity index (χ0n) is 22.7. The molecule has 0 aliphatic carbocycles. The van der Waals surface area contributed by atoms with Crippen LogP contribution in [0.3, 0.4) is 0 Å². The number of carbonyl (C=O) groups excluding carboxylic acids is 2. The number of nitrogens with one attached hydrogen (secondary N) is 1. The molecule has 3 rings (SSSR count).